The number of carboxylic acids is 1. The van der Waals surface area contributed by atoms with Crippen molar-refractivity contribution in [3.05, 3.63) is 0 Å². The van der Waals surface area contributed by atoms with Crippen LogP contribution in [0.15, 0.2) is 0 Å². The molecule has 0 aliphatic carbocycles. The van der Waals surface area contributed by atoms with Crippen LogP contribution in [-0.4, -0.2) is 88.8 Å². The number of rotatable bonds is 17. The lowest BCUT2D eigenvalue weighted by atomic mass is 10.4. The number of nitrogens with one attached hydrogen (secondary N) is 2. The molecule has 10 nitrogen and oxygen atoms in total. The van der Waals surface area contributed by atoms with Gasteiger partial charge < -0.3 is 34.7 Å². The van der Waals surface area contributed by atoms with Gasteiger partial charge in [-0.25, -0.2) is 4.79 Å². The lowest BCUT2D eigenvalue weighted by molar-refractivity contribution is -0.142. The van der Waals surface area contributed by atoms with Crippen LogP contribution in [0.3, 0.4) is 0 Å². The normalized spacial score (nSPS) is 10.4. The van der Waals surface area contributed by atoms with Crippen LogP contribution in [0.25, 0.3) is 0 Å². The van der Waals surface area contributed by atoms with Gasteiger partial charge in [-0.15, -0.1) is 0 Å². The summed E-state index contributed by atoms with van der Waals surface area (Å²) >= 11 is 0. The topological polar surface area (TPSA) is 132 Å². The molecule has 10 heteroatoms. The smallest absolute Gasteiger partial charge is 0.329 e. The van der Waals surface area contributed by atoms with E-state index < -0.39 is 5.97 Å². The molecule has 0 aromatic heterocycles. The van der Waals surface area contributed by atoms with Crippen molar-refractivity contribution in [2.75, 3.05) is 65.9 Å². The highest BCUT2D eigenvalue weighted by atomic mass is 16.5. The molecule has 0 aliphatic heterocycles. The fourth-order valence-electron chi connectivity index (χ4n) is 1.47. The number of aliphatic carboxylic acids is 1. The number of hydrogen-bond acceptors (Lipinski definition) is 7. The summed E-state index contributed by atoms with van der Waals surface area (Å²) in [6, 6.07) is 0. The first-order chi connectivity index (χ1) is 12.1. The lowest BCUT2D eigenvalue weighted by Gasteiger charge is -2.08. The van der Waals surface area contributed by atoms with Crippen LogP contribution in [-0.2, 0) is 33.3 Å². The van der Waals surface area contributed by atoms with Crippen molar-refractivity contribution in [3.8, 4) is 0 Å². The Hall–Kier alpha value is -1.75. The molecule has 0 radical (unpaired) electrons. The van der Waals surface area contributed by atoms with E-state index in [0.717, 1.165) is 0 Å². The molecule has 0 bridgehead atoms. The highest BCUT2D eigenvalue weighted by Gasteiger charge is 2.01. The van der Waals surface area contributed by atoms with Crippen LogP contribution in [0.2, 0.25) is 0 Å². The van der Waals surface area contributed by atoms with Crippen LogP contribution in [0.1, 0.15) is 13.3 Å². The number of amides is 2. The average molecular weight is 364 g/mol. The maximum absolute atomic E-state index is 11.4. The molecule has 2 amide bonds. The van der Waals surface area contributed by atoms with Gasteiger partial charge in [-0.3, -0.25) is 9.59 Å². The molecule has 0 spiro atoms. The summed E-state index contributed by atoms with van der Waals surface area (Å²) in [4.78, 5) is 32.5. The van der Waals surface area contributed by atoms with Gasteiger partial charge in [0.2, 0.25) is 11.8 Å². The van der Waals surface area contributed by atoms with E-state index in [1.807, 2.05) is 0 Å². The molecular formula is C15H28N2O8. The Morgan fingerprint density at radius 3 is 1.72 bits per heavy atom. The summed E-state index contributed by atoms with van der Waals surface area (Å²) in [5, 5.41) is 13.6. The Kier molecular flexibility index (Phi) is 15.9. The third kappa shape index (κ3) is 18.4. The van der Waals surface area contributed by atoms with Crippen LogP contribution in [0, 0.1) is 0 Å². The molecule has 25 heavy (non-hydrogen) atoms. The van der Waals surface area contributed by atoms with Crippen LogP contribution in [0.4, 0.5) is 0 Å². The molecule has 146 valence electrons. The molecule has 0 saturated heterocycles. The zero-order chi connectivity index (χ0) is 18.8. The minimum atomic E-state index is -1.03. The Balaban J connectivity index is 3.23. The van der Waals surface area contributed by atoms with Gasteiger partial charge in [0.25, 0.3) is 0 Å². The summed E-state index contributed by atoms with van der Waals surface area (Å²) in [6.45, 7) is 3.90. The second kappa shape index (κ2) is 17.1. The maximum atomic E-state index is 11.4. The highest BCUT2D eigenvalue weighted by Crippen LogP contribution is 1.82. The van der Waals surface area contributed by atoms with Crippen molar-refractivity contribution in [3.63, 3.8) is 0 Å². The van der Waals surface area contributed by atoms with E-state index in [2.05, 4.69) is 10.6 Å². The Bertz CT molecular complexity index is 379. The molecule has 0 aliphatic rings. The Morgan fingerprint density at radius 1 is 0.720 bits per heavy atom. The van der Waals surface area contributed by atoms with Gasteiger partial charge in [0.15, 0.2) is 0 Å². The van der Waals surface area contributed by atoms with Gasteiger partial charge in [-0.05, 0) is 0 Å². The van der Waals surface area contributed by atoms with Crippen LogP contribution < -0.4 is 10.6 Å². The molecule has 0 aromatic carbocycles. The lowest BCUT2D eigenvalue weighted by Crippen LogP contribution is -2.31. The predicted octanol–water partition coefficient (Wildman–Crippen LogP) is -1.22. The monoisotopic (exact) mass is 364 g/mol. The molecular weight excluding hydrogens is 336 g/mol. The quantitative estimate of drug-likeness (QED) is 0.274. The zero-order valence-corrected chi connectivity index (χ0v) is 14.6. The molecule has 0 saturated carbocycles. The maximum Gasteiger partial charge on any atom is 0.329 e. The van der Waals surface area contributed by atoms with Gasteiger partial charge in [0, 0.05) is 19.5 Å². The van der Waals surface area contributed by atoms with Crippen molar-refractivity contribution in [1.29, 1.82) is 0 Å². The highest BCUT2D eigenvalue weighted by molar-refractivity contribution is 5.77. The average Bonchev–Trinajstić information content (AvgIpc) is 2.58. The first-order valence-electron chi connectivity index (χ1n) is 8.12. The third-order valence-electron chi connectivity index (χ3n) is 2.66. The summed E-state index contributed by atoms with van der Waals surface area (Å²) in [5.41, 5.74) is 0. The fraction of sp³-hybridized carbons (Fsp3) is 0.800. The Labute approximate surface area is 147 Å². The molecule has 0 atom stereocenters. The second-order valence-electron chi connectivity index (χ2n) is 4.78. The number of hydrogen-bond donors (Lipinski definition) is 3. The molecule has 0 rings (SSSR count). The van der Waals surface area contributed by atoms with Gasteiger partial charge >= 0.3 is 5.97 Å². The van der Waals surface area contributed by atoms with E-state index in [1.165, 1.54) is 0 Å². The summed E-state index contributed by atoms with van der Waals surface area (Å²) < 4.78 is 20.3. The second-order valence-corrected chi connectivity index (χ2v) is 4.78. The summed E-state index contributed by atoms with van der Waals surface area (Å²) in [6.07, 6.45) is 0.446. The largest absolute Gasteiger partial charge is 0.480 e. The minimum Gasteiger partial charge on any atom is -0.480 e. The van der Waals surface area contributed by atoms with Gasteiger partial charge in [0.05, 0.1) is 39.6 Å². The fourth-order valence-corrected chi connectivity index (χ4v) is 1.47. The zero-order valence-electron chi connectivity index (χ0n) is 14.6. The molecule has 0 aromatic rings. The standard InChI is InChI=1S/C15H28N2O8/c1-2-13(18)16-3-5-22-7-9-24-11-14(19)17-4-6-23-8-10-25-12-15(20)21/h2-12H2,1H3,(H,16,18)(H,17,19)(H,20,21). The Morgan fingerprint density at radius 2 is 1.20 bits per heavy atom. The first-order valence-corrected chi connectivity index (χ1v) is 8.12. The van der Waals surface area contributed by atoms with Gasteiger partial charge in [-0.2, -0.15) is 0 Å². The molecule has 0 unspecified atom stereocenters. The van der Waals surface area contributed by atoms with Crippen LogP contribution >= 0.6 is 0 Å². The van der Waals surface area contributed by atoms with E-state index in [1.54, 1.807) is 6.92 Å². The summed E-state index contributed by atoms with van der Waals surface area (Å²) in [7, 11) is 0. The van der Waals surface area contributed by atoms with Crippen molar-refractivity contribution in [2.24, 2.45) is 0 Å². The molecule has 0 fully saturated rings. The first kappa shape index (κ1) is 23.2. The van der Waals surface area contributed by atoms with Crippen molar-refractivity contribution < 1.29 is 38.4 Å². The van der Waals surface area contributed by atoms with E-state index >= 15 is 0 Å². The van der Waals surface area contributed by atoms with E-state index in [4.69, 9.17) is 24.1 Å². The third-order valence-corrected chi connectivity index (χ3v) is 2.66. The van der Waals surface area contributed by atoms with Crippen molar-refractivity contribution in [2.45, 2.75) is 13.3 Å². The van der Waals surface area contributed by atoms with Crippen molar-refractivity contribution >= 4 is 17.8 Å². The van der Waals surface area contributed by atoms with Gasteiger partial charge in [0.1, 0.15) is 13.2 Å². The number of ether oxygens (including phenoxy) is 4. The summed E-state index contributed by atoms with van der Waals surface area (Å²) in [5.74, 6) is -1.31. The number of carbonyl (C=O) groups excluding carboxylic acids is 2. The van der Waals surface area contributed by atoms with Crippen molar-refractivity contribution in [1.82, 2.24) is 10.6 Å². The molecule has 3 N–H and O–H groups in total. The van der Waals surface area contributed by atoms with E-state index in [9.17, 15) is 14.4 Å². The van der Waals surface area contributed by atoms with E-state index in [0.29, 0.717) is 39.3 Å². The van der Waals surface area contributed by atoms with Crippen LogP contribution in [0.5, 0.6) is 0 Å². The predicted molar refractivity (Wildman–Crippen MR) is 87.2 cm³/mol. The van der Waals surface area contributed by atoms with Gasteiger partial charge in [-0.1, -0.05) is 6.92 Å². The number of carboxylic acid groups (broad SMARTS) is 1. The number of carbonyl (C=O) groups is 3. The SMILES string of the molecule is CCC(=O)NCCOCCOCC(=O)NCCOCCOCC(=O)O. The molecule has 0 heterocycles. The minimum absolute atomic E-state index is 0.0201. The van der Waals surface area contributed by atoms with E-state index in [-0.39, 0.29) is 44.8 Å².